The van der Waals surface area contributed by atoms with E-state index in [2.05, 4.69) is 20.6 Å². The van der Waals surface area contributed by atoms with Gasteiger partial charge in [-0.05, 0) is 26.3 Å². The van der Waals surface area contributed by atoms with E-state index >= 15 is 0 Å². The number of carbonyl (C=O) groups excluding carboxylic acids is 2. The van der Waals surface area contributed by atoms with Crippen molar-refractivity contribution < 1.29 is 14.3 Å². The lowest BCUT2D eigenvalue weighted by Gasteiger charge is -2.24. The second-order valence-corrected chi connectivity index (χ2v) is 5.20. The van der Waals surface area contributed by atoms with Crippen LogP contribution in [0.4, 0.5) is 5.95 Å². The zero-order valence-corrected chi connectivity index (χ0v) is 12.7. The third-order valence-corrected chi connectivity index (χ3v) is 2.90. The summed E-state index contributed by atoms with van der Waals surface area (Å²) in [6.45, 7) is 5.89. The van der Waals surface area contributed by atoms with Crippen LogP contribution in [-0.4, -0.2) is 40.5 Å². The van der Waals surface area contributed by atoms with Crippen LogP contribution < -0.4 is 10.6 Å². The fraction of sp³-hybridized carbons (Fsp3) is 0.571. The van der Waals surface area contributed by atoms with Gasteiger partial charge in [-0.15, -0.1) is 0 Å². The molecule has 7 nitrogen and oxygen atoms in total. The first-order valence-electron chi connectivity index (χ1n) is 6.90. The smallest absolute Gasteiger partial charge is 0.308 e. The van der Waals surface area contributed by atoms with Crippen molar-refractivity contribution in [1.29, 1.82) is 0 Å². The number of aromatic nitrogens is 2. The van der Waals surface area contributed by atoms with Crippen LogP contribution in [0.3, 0.4) is 0 Å². The molecule has 0 fully saturated rings. The summed E-state index contributed by atoms with van der Waals surface area (Å²) in [6.07, 6.45) is 4.15. The van der Waals surface area contributed by atoms with E-state index in [9.17, 15) is 9.59 Å². The molecule has 1 aromatic heterocycles. The highest BCUT2D eigenvalue weighted by Crippen LogP contribution is 2.06. The Morgan fingerprint density at radius 2 is 1.95 bits per heavy atom. The molecule has 1 amide bonds. The number of carbonyl (C=O) groups is 2. The van der Waals surface area contributed by atoms with Crippen molar-refractivity contribution >= 4 is 17.8 Å². The Morgan fingerprint density at radius 1 is 1.29 bits per heavy atom. The maximum absolute atomic E-state index is 11.6. The van der Waals surface area contributed by atoms with Crippen LogP contribution in [0.25, 0.3) is 0 Å². The van der Waals surface area contributed by atoms with E-state index in [1.165, 1.54) is 0 Å². The van der Waals surface area contributed by atoms with E-state index in [1.54, 1.807) is 18.5 Å². The maximum atomic E-state index is 11.6. The molecule has 0 aliphatic rings. The van der Waals surface area contributed by atoms with E-state index < -0.39 is 5.97 Å². The number of amides is 1. The highest BCUT2D eigenvalue weighted by atomic mass is 16.5. The summed E-state index contributed by atoms with van der Waals surface area (Å²) in [6, 6.07) is 1.70. The fourth-order valence-electron chi connectivity index (χ4n) is 1.39. The van der Waals surface area contributed by atoms with Crippen molar-refractivity contribution in [3.05, 3.63) is 18.5 Å². The summed E-state index contributed by atoms with van der Waals surface area (Å²) in [5, 5.41) is 5.68. The topological polar surface area (TPSA) is 93.2 Å². The molecule has 1 aromatic rings. The first-order chi connectivity index (χ1) is 9.93. The third kappa shape index (κ3) is 7.24. The van der Waals surface area contributed by atoms with Gasteiger partial charge in [0.2, 0.25) is 5.95 Å². The van der Waals surface area contributed by atoms with Crippen LogP contribution >= 0.6 is 0 Å². The van der Waals surface area contributed by atoms with E-state index in [4.69, 9.17) is 4.74 Å². The number of esters is 1. The molecule has 7 heteroatoms. The van der Waals surface area contributed by atoms with Crippen molar-refractivity contribution in [3.63, 3.8) is 0 Å². The molecule has 21 heavy (non-hydrogen) atoms. The van der Waals surface area contributed by atoms with Gasteiger partial charge in [-0.2, -0.15) is 0 Å². The summed E-state index contributed by atoms with van der Waals surface area (Å²) in [5.74, 6) is -0.287. The molecular weight excluding hydrogens is 272 g/mol. The van der Waals surface area contributed by atoms with Crippen LogP contribution in [-0.2, 0) is 14.3 Å². The van der Waals surface area contributed by atoms with E-state index in [1.807, 2.05) is 20.8 Å². The minimum atomic E-state index is -0.442. The Morgan fingerprint density at radius 3 is 2.57 bits per heavy atom. The minimum Gasteiger partial charge on any atom is -0.456 e. The van der Waals surface area contributed by atoms with Gasteiger partial charge >= 0.3 is 5.97 Å². The van der Waals surface area contributed by atoms with Gasteiger partial charge in [0.25, 0.3) is 5.91 Å². The Bertz CT molecular complexity index is 463. The number of anilines is 1. The fourth-order valence-corrected chi connectivity index (χ4v) is 1.39. The summed E-state index contributed by atoms with van der Waals surface area (Å²) in [5.41, 5.74) is -0.296. The van der Waals surface area contributed by atoms with Crippen LogP contribution in [0.2, 0.25) is 0 Å². The molecule has 2 N–H and O–H groups in total. The van der Waals surface area contributed by atoms with Gasteiger partial charge in [0.05, 0.1) is 6.42 Å². The lowest BCUT2D eigenvalue weighted by molar-refractivity contribution is -0.148. The first-order valence-corrected chi connectivity index (χ1v) is 6.90. The molecule has 0 spiro atoms. The van der Waals surface area contributed by atoms with E-state index in [0.29, 0.717) is 12.5 Å². The number of hydrogen-bond donors (Lipinski definition) is 2. The molecule has 0 radical (unpaired) electrons. The predicted molar refractivity (Wildman–Crippen MR) is 78.6 cm³/mol. The standard InChI is InChI=1S/C14H22N4O3/c1-4-14(2,3)18-11(19)10-21-12(20)6-9-17-13-15-7-5-8-16-13/h5,7-8H,4,6,9-10H2,1-3H3,(H,18,19)(H,15,16,17). The van der Waals surface area contributed by atoms with Gasteiger partial charge in [0, 0.05) is 24.5 Å². The van der Waals surface area contributed by atoms with Gasteiger partial charge in [0.1, 0.15) is 0 Å². The quantitative estimate of drug-likeness (QED) is 0.698. The minimum absolute atomic E-state index is 0.142. The zero-order valence-electron chi connectivity index (χ0n) is 12.7. The lowest BCUT2D eigenvalue weighted by Crippen LogP contribution is -2.44. The average molecular weight is 294 g/mol. The number of nitrogens with one attached hydrogen (secondary N) is 2. The van der Waals surface area contributed by atoms with Gasteiger partial charge in [-0.1, -0.05) is 6.92 Å². The normalized spacial score (nSPS) is 10.8. The molecule has 116 valence electrons. The highest BCUT2D eigenvalue weighted by Gasteiger charge is 2.18. The monoisotopic (exact) mass is 294 g/mol. The molecule has 0 saturated carbocycles. The number of nitrogens with zero attached hydrogens (tertiary/aromatic N) is 2. The Balaban J connectivity index is 2.18. The molecule has 0 aliphatic heterocycles. The van der Waals surface area contributed by atoms with Crippen LogP contribution in [0.15, 0.2) is 18.5 Å². The Labute approximate surface area is 124 Å². The largest absolute Gasteiger partial charge is 0.456 e. The Kier molecular flexibility index (Phi) is 6.58. The molecule has 0 saturated heterocycles. The molecule has 0 aromatic carbocycles. The highest BCUT2D eigenvalue weighted by molar-refractivity contribution is 5.81. The number of hydrogen-bond acceptors (Lipinski definition) is 6. The molecule has 0 unspecified atom stereocenters. The van der Waals surface area contributed by atoms with Crippen LogP contribution in [0.5, 0.6) is 0 Å². The molecule has 1 heterocycles. The molecule has 0 atom stereocenters. The van der Waals surface area contributed by atoms with Crippen molar-refractivity contribution in [1.82, 2.24) is 15.3 Å². The van der Waals surface area contributed by atoms with E-state index in [-0.39, 0.29) is 24.5 Å². The lowest BCUT2D eigenvalue weighted by atomic mass is 10.0. The summed E-state index contributed by atoms with van der Waals surface area (Å²) >= 11 is 0. The van der Waals surface area contributed by atoms with Crippen molar-refractivity contribution in [2.75, 3.05) is 18.5 Å². The van der Waals surface area contributed by atoms with Gasteiger partial charge in [-0.3, -0.25) is 9.59 Å². The second-order valence-electron chi connectivity index (χ2n) is 5.20. The molecular formula is C14H22N4O3. The predicted octanol–water partition coefficient (Wildman–Crippen LogP) is 1.13. The van der Waals surface area contributed by atoms with Gasteiger partial charge in [-0.25, -0.2) is 9.97 Å². The maximum Gasteiger partial charge on any atom is 0.308 e. The SMILES string of the molecule is CCC(C)(C)NC(=O)COC(=O)CCNc1ncccn1. The van der Waals surface area contributed by atoms with Gasteiger partial charge < -0.3 is 15.4 Å². The van der Waals surface area contributed by atoms with Crippen LogP contribution in [0, 0.1) is 0 Å². The molecule has 1 rings (SSSR count). The van der Waals surface area contributed by atoms with Gasteiger partial charge in [0.15, 0.2) is 6.61 Å². The molecule has 0 bridgehead atoms. The number of ether oxygens (including phenoxy) is 1. The second kappa shape index (κ2) is 8.18. The summed E-state index contributed by atoms with van der Waals surface area (Å²) < 4.78 is 4.90. The summed E-state index contributed by atoms with van der Waals surface area (Å²) in [4.78, 5) is 31.0. The van der Waals surface area contributed by atoms with Crippen LogP contribution in [0.1, 0.15) is 33.6 Å². The summed E-state index contributed by atoms with van der Waals surface area (Å²) in [7, 11) is 0. The van der Waals surface area contributed by atoms with Crippen molar-refractivity contribution in [2.24, 2.45) is 0 Å². The first kappa shape index (κ1) is 16.9. The third-order valence-electron chi connectivity index (χ3n) is 2.90. The number of rotatable bonds is 8. The van der Waals surface area contributed by atoms with E-state index in [0.717, 1.165) is 6.42 Å². The zero-order chi connectivity index (χ0) is 15.7. The Hall–Kier alpha value is -2.18. The molecule has 0 aliphatic carbocycles. The van der Waals surface area contributed by atoms with Crippen molar-refractivity contribution in [3.8, 4) is 0 Å². The average Bonchev–Trinajstić information content (AvgIpc) is 2.46. The van der Waals surface area contributed by atoms with Crippen molar-refractivity contribution in [2.45, 2.75) is 39.2 Å².